The van der Waals surface area contributed by atoms with Crippen LogP contribution in [0.5, 0.6) is 0 Å². The van der Waals surface area contributed by atoms with Gasteiger partial charge in [-0.15, -0.1) is 11.3 Å². The third kappa shape index (κ3) is 3.19. The minimum absolute atomic E-state index is 0.111. The molecule has 5 nitrogen and oxygen atoms in total. The van der Waals surface area contributed by atoms with Gasteiger partial charge < -0.3 is 15.2 Å². The molecule has 0 fully saturated rings. The number of hydrogen-bond donors (Lipinski definition) is 2. The number of nitrogens with one attached hydrogen (secondary N) is 1. The van der Waals surface area contributed by atoms with Gasteiger partial charge in [-0.05, 0) is 30.7 Å². The highest BCUT2D eigenvalue weighted by atomic mass is 32.1. The molecule has 1 heterocycles. The van der Waals surface area contributed by atoms with Crippen LogP contribution in [0.3, 0.4) is 0 Å². The molecule has 0 saturated carbocycles. The monoisotopic (exact) mass is 297 g/mol. The lowest BCUT2D eigenvalue weighted by Crippen LogP contribution is -2.18. The second kappa shape index (κ2) is 6.37. The summed E-state index contributed by atoms with van der Waals surface area (Å²) in [5.41, 5.74) is 1.19. The molecule has 1 aromatic heterocycles. The maximum absolute atomic E-state index is 11.9. The van der Waals surface area contributed by atoms with Crippen molar-refractivity contribution in [2.45, 2.75) is 32.6 Å². The number of carbonyl (C=O) groups excluding carboxylic acids is 1. The van der Waals surface area contributed by atoms with Crippen LogP contribution in [0.1, 0.15) is 40.6 Å². The number of rotatable bonds is 6. The first-order chi connectivity index (χ1) is 9.52. The van der Waals surface area contributed by atoms with Crippen molar-refractivity contribution in [1.29, 1.82) is 0 Å². The molecule has 6 heteroatoms. The van der Waals surface area contributed by atoms with Gasteiger partial charge in [0.2, 0.25) is 5.91 Å². The van der Waals surface area contributed by atoms with Gasteiger partial charge in [0.15, 0.2) is 0 Å². The van der Waals surface area contributed by atoms with Crippen molar-refractivity contribution in [2.24, 2.45) is 5.92 Å². The van der Waals surface area contributed by atoms with Crippen LogP contribution >= 0.6 is 11.3 Å². The standard InChI is InChI=1S/C14H19NO4S/c1-8(7-19-2)6-11(16)15-13-12(14(17)18)9-4-3-5-10(9)20-13/h8H,3-7H2,1-2H3,(H,15,16)(H,17,18). The van der Waals surface area contributed by atoms with Gasteiger partial charge in [-0.25, -0.2) is 4.79 Å². The van der Waals surface area contributed by atoms with E-state index in [0.717, 1.165) is 29.7 Å². The first-order valence-electron chi connectivity index (χ1n) is 6.69. The molecule has 1 unspecified atom stereocenters. The first-order valence-corrected chi connectivity index (χ1v) is 7.51. The Morgan fingerprint density at radius 3 is 2.85 bits per heavy atom. The van der Waals surface area contributed by atoms with E-state index in [-0.39, 0.29) is 17.4 Å². The Morgan fingerprint density at radius 2 is 2.20 bits per heavy atom. The van der Waals surface area contributed by atoms with E-state index in [1.54, 1.807) is 7.11 Å². The molecule has 1 aliphatic rings. The molecule has 2 rings (SSSR count). The van der Waals surface area contributed by atoms with Crippen LogP contribution in [0.15, 0.2) is 0 Å². The molecule has 1 aromatic rings. The Hall–Kier alpha value is -1.40. The van der Waals surface area contributed by atoms with Gasteiger partial charge in [0.05, 0.1) is 5.56 Å². The number of aromatic carboxylic acids is 1. The summed E-state index contributed by atoms with van der Waals surface area (Å²) in [6, 6.07) is 0. The first kappa shape index (κ1) is 15.0. The van der Waals surface area contributed by atoms with Crippen molar-refractivity contribution >= 4 is 28.2 Å². The minimum Gasteiger partial charge on any atom is -0.478 e. The molecule has 0 radical (unpaired) electrons. The zero-order chi connectivity index (χ0) is 14.7. The molecular weight excluding hydrogens is 278 g/mol. The second-order valence-electron chi connectivity index (χ2n) is 5.18. The fourth-order valence-electron chi connectivity index (χ4n) is 2.56. The maximum atomic E-state index is 11.9. The predicted octanol–water partition coefficient (Wildman–Crippen LogP) is 2.55. The largest absolute Gasteiger partial charge is 0.478 e. The molecule has 1 atom stereocenters. The molecule has 0 aromatic carbocycles. The van der Waals surface area contributed by atoms with Crippen molar-refractivity contribution in [1.82, 2.24) is 0 Å². The smallest absolute Gasteiger partial charge is 0.339 e. The molecule has 1 amide bonds. The van der Waals surface area contributed by atoms with Crippen molar-refractivity contribution in [3.63, 3.8) is 0 Å². The van der Waals surface area contributed by atoms with E-state index in [1.165, 1.54) is 11.3 Å². The van der Waals surface area contributed by atoms with Gasteiger partial charge in [0, 0.05) is 25.0 Å². The van der Waals surface area contributed by atoms with Crippen LogP contribution < -0.4 is 5.32 Å². The third-order valence-electron chi connectivity index (χ3n) is 3.37. The highest BCUT2D eigenvalue weighted by Gasteiger charge is 2.27. The van der Waals surface area contributed by atoms with Crippen LogP contribution in [0.25, 0.3) is 0 Å². The Labute approximate surface area is 121 Å². The van der Waals surface area contributed by atoms with Gasteiger partial charge in [-0.2, -0.15) is 0 Å². The molecular formula is C14H19NO4S. The van der Waals surface area contributed by atoms with Gasteiger partial charge in [-0.3, -0.25) is 4.79 Å². The Kier molecular flexibility index (Phi) is 4.77. The number of fused-ring (bicyclic) bond motifs is 1. The Balaban J connectivity index is 2.10. The number of carboxylic acids is 1. The summed E-state index contributed by atoms with van der Waals surface area (Å²) in [6.45, 7) is 2.44. The molecule has 110 valence electrons. The second-order valence-corrected chi connectivity index (χ2v) is 6.28. The topological polar surface area (TPSA) is 75.6 Å². The average Bonchev–Trinajstić information content (AvgIpc) is 2.87. The molecule has 0 spiro atoms. The van der Waals surface area contributed by atoms with E-state index in [1.807, 2.05) is 6.92 Å². The van der Waals surface area contributed by atoms with Crippen molar-refractivity contribution in [2.75, 3.05) is 19.0 Å². The molecule has 20 heavy (non-hydrogen) atoms. The lowest BCUT2D eigenvalue weighted by atomic mass is 10.1. The van der Waals surface area contributed by atoms with Crippen LogP contribution in [-0.2, 0) is 22.4 Å². The number of carboxylic acid groups (broad SMARTS) is 1. The number of anilines is 1. The van der Waals surface area contributed by atoms with Crippen LogP contribution in [0, 0.1) is 5.92 Å². The summed E-state index contributed by atoms with van der Waals surface area (Å²) in [4.78, 5) is 24.4. The van der Waals surface area contributed by atoms with Crippen LogP contribution in [-0.4, -0.2) is 30.7 Å². The van der Waals surface area contributed by atoms with Gasteiger partial charge in [0.1, 0.15) is 5.00 Å². The van der Waals surface area contributed by atoms with Crippen molar-refractivity contribution in [3.05, 3.63) is 16.0 Å². The van der Waals surface area contributed by atoms with Gasteiger partial charge >= 0.3 is 5.97 Å². The zero-order valence-corrected chi connectivity index (χ0v) is 12.5. The molecule has 2 N–H and O–H groups in total. The number of amides is 1. The number of ether oxygens (including phenoxy) is 1. The molecule has 0 bridgehead atoms. The van der Waals surface area contributed by atoms with E-state index < -0.39 is 5.97 Å². The fourth-order valence-corrected chi connectivity index (χ4v) is 3.85. The van der Waals surface area contributed by atoms with E-state index in [4.69, 9.17) is 4.74 Å². The third-order valence-corrected chi connectivity index (χ3v) is 4.58. The van der Waals surface area contributed by atoms with Gasteiger partial charge in [-0.1, -0.05) is 6.92 Å². The summed E-state index contributed by atoms with van der Waals surface area (Å²) in [5, 5.41) is 12.6. The number of carbonyl (C=O) groups is 2. The predicted molar refractivity (Wildman–Crippen MR) is 77.6 cm³/mol. The summed E-state index contributed by atoms with van der Waals surface area (Å²) in [6.07, 6.45) is 3.04. The van der Waals surface area contributed by atoms with E-state index in [9.17, 15) is 14.7 Å². The van der Waals surface area contributed by atoms with Crippen LogP contribution in [0.4, 0.5) is 5.00 Å². The molecule has 0 aliphatic heterocycles. The average molecular weight is 297 g/mol. The Bertz CT molecular complexity index is 523. The molecule has 0 saturated heterocycles. The maximum Gasteiger partial charge on any atom is 0.339 e. The lowest BCUT2D eigenvalue weighted by Gasteiger charge is -2.10. The summed E-state index contributed by atoms with van der Waals surface area (Å²) < 4.78 is 4.99. The van der Waals surface area contributed by atoms with Crippen molar-refractivity contribution in [3.8, 4) is 0 Å². The van der Waals surface area contributed by atoms with E-state index in [0.29, 0.717) is 18.0 Å². The van der Waals surface area contributed by atoms with Gasteiger partial charge in [0.25, 0.3) is 0 Å². The number of aryl methyl sites for hydroxylation is 1. The summed E-state index contributed by atoms with van der Waals surface area (Å²) in [7, 11) is 1.60. The summed E-state index contributed by atoms with van der Waals surface area (Å²) >= 11 is 1.40. The minimum atomic E-state index is -0.954. The zero-order valence-electron chi connectivity index (χ0n) is 11.7. The van der Waals surface area contributed by atoms with E-state index >= 15 is 0 Å². The highest BCUT2D eigenvalue weighted by molar-refractivity contribution is 7.17. The number of hydrogen-bond acceptors (Lipinski definition) is 4. The van der Waals surface area contributed by atoms with Crippen LogP contribution in [0.2, 0.25) is 0 Å². The van der Waals surface area contributed by atoms with Crippen molar-refractivity contribution < 1.29 is 19.4 Å². The number of thiophene rings is 1. The number of methoxy groups -OCH3 is 1. The molecule has 1 aliphatic carbocycles. The Morgan fingerprint density at radius 1 is 1.45 bits per heavy atom. The quantitative estimate of drug-likeness (QED) is 0.846. The summed E-state index contributed by atoms with van der Waals surface area (Å²) in [5.74, 6) is -0.998. The highest BCUT2D eigenvalue weighted by Crippen LogP contribution is 2.39. The normalized spacial score (nSPS) is 14.9. The lowest BCUT2D eigenvalue weighted by molar-refractivity contribution is -0.117. The fraction of sp³-hybridized carbons (Fsp3) is 0.571. The van der Waals surface area contributed by atoms with E-state index in [2.05, 4.69) is 5.32 Å². The SMILES string of the molecule is COCC(C)CC(=O)Nc1sc2c(c1C(=O)O)CCC2.